The molecule has 0 radical (unpaired) electrons. The summed E-state index contributed by atoms with van der Waals surface area (Å²) in [5, 5.41) is 14.7. The maximum absolute atomic E-state index is 14.9. The summed E-state index contributed by atoms with van der Waals surface area (Å²) in [5.41, 5.74) is -2.30. The van der Waals surface area contributed by atoms with Crippen molar-refractivity contribution in [1.82, 2.24) is 0 Å². The number of alkyl halides is 3. The number of anilines is 2. The predicted octanol–water partition coefficient (Wildman–Crippen LogP) is 5.53. The lowest BCUT2D eigenvalue weighted by molar-refractivity contribution is -0.138. The van der Waals surface area contributed by atoms with Gasteiger partial charge in [-0.1, -0.05) is 12.1 Å². The Kier molecular flexibility index (Phi) is 6.41. The summed E-state index contributed by atoms with van der Waals surface area (Å²) in [5.74, 6) is -2.13. The maximum Gasteiger partial charge on any atom is 0.416 e. The van der Waals surface area contributed by atoms with E-state index < -0.39 is 40.4 Å². The van der Waals surface area contributed by atoms with Crippen LogP contribution in [0.4, 0.5) is 28.9 Å². The Morgan fingerprint density at radius 2 is 1.69 bits per heavy atom. The first-order chi connectivity index (χ1) is 18.3. The number of fused-ring (bicyclic) bond motifs is 1. The van der Waals surface area contributed by atoms with Gasteiger partial charge in [0, 0.05) is 36.4 Å². The third-order valence-electron chi connectivity index (χ3n) is 7.49. The summed E-state index contributed by atoms with van der Waals surface area (Å²) < 4.78 is 60.2. The van der Waals surface area contributed by atoms with Crippen molar-refractivity contribution in [1.29, 1.82) is 0 Å². The van der Waals surface area contributed by atoms with Crippen molar-refractivity contribution in [2.24, 2.45) is 0 Å². The number of esters is 1. The fourth-order valence-corrected chi connectivity index (χ4v) is 5.08. The Hall–Kier alpha value is -3.92. The quantitative estimate of drug-likeness (QED) is 0.303. The number of ether oxygens (including phenoxy) is 1. The van der Waals surface area contributed by atoms with Crippen LogP contribution in [0.2, 0.25) is 0 Å². The van der Waals surface area contributed by atoms with Crippen LogP contribution in [0.3, 0.4) is 0 Å². The number of nitrogens with one attached hydrogen (secondary N) is 1. The van der Waals surface area contributed by atoms with Gasteiger partial charge in [0.15, 0.2) is 5.60 Å². The minimum atomic E-state index is -4.67. The Balaban J connectivity index is 1.53. The molecule has 6 nitrogen and oxygen atoms in total. The number of benzene rings is 3. The van der Waals surface area contributed by atoms with Crippen LogP contribution in [0.15, 0.2) is 60.7 Å². The molecule has 204 valence electrons. The van der Waals surface area contributed by atoms with Crippen LogP contribution in [0.1, 0.15) is 51.9 Å². The summed E-state index contributed by atoms with van der Waals surface area (Å²) in [4.78, 5) is 27.3. The summed E-state index contributed by atoms with van der Waals surface area (Å²) in [6.07, 6.45) is -4.41. The largest absolute Gasteiger partial charge is 0.457 e. The van der Waals surface area contributed by atoms with Gasteiger partial charge >= 0.3 is 12.1 Å². The van der Waals surface area contributed by atoms with E-state index >= 15 is 0 Å². The van der Waals surface area contributed by atoms with Crippen LogP contribution in [0.5, 0.6) is 0 Å². The number of aliphatic hydroxyl groups is 1. The van der Waals surface area contributed by atoms with Crippen LogP contribution in [-0.2, 0) is 33.3 Å². The molecular weight excluding hydrogens is 516 g/mol. The fraction of sp³-hybridized carbons (Fsp3) is 0.310. The van der Waals surface area contributed by atoms with E-state index in [1.165, 1.54) is 12.1 Å². The minimum Gasteiger partial charge on any atom is -0.457 e. The van der Waals surface area contributed by atoms with E-state index in [1.54, 1.807) is 30.3 Å². The molecule has 39 heavy (non-hydrogen) atoms. The third-order valence-corrected chi connectivity index (χ3v) is 7.49. The smallest absolute Gasteiger partial charge is 0.416 e. The Labute approximate surface area is 222 Å². The Morgan fingerprint density at radius 3 is 2.31 bits per heavy atom. The zero-order valence-corrected chi connectivity index (χ0v) is 21.2. The Morgan fingerprint density at radius 1 is 1.03 bits per heavy atom. The SMILES string of the molecule is CN(C)c1ccc(C(O)(CC2(c3cc(C(F)(F)F)ccc3F)CC2)C(=O)Nc2ccc3c(c2)COC3=O)cc1. The summed E-state index contributed by atoms with van der Waals surface area (Å²) in [7, 11) is 3.65. The van der Waals surface area contributed by atoms with Crippen LogP contribution in [-0.4, -0.2) is 31.1 Å². The maximum atomic E-state index is 14.9. The average molecular weight is 543 g/mol. The van der Waals surface area contributed by atoms with Gasteiger partial charge in [0.2, 0.25) is 0 Å². The second-order valence-corrected chi connectivity index (χ2v) is 10.4. The van der Waals surface area contributed by atoms with Gasteiger partial charge in [-0.25, -0.2) is 9.18 Å². The molecule has 1 aliphatic heterocycles. The third kappa shape index (κ3) is 4.96. The summed E-state index contributed by atoms with van der Waals surface area (Å²) in [6, 6.07) is 13.3. The second-order valence-electron chi connectivity index (χ2n) is 10.4. The molecule has 1 amide bonds. The van der Waals surface area contributed by atoms with Gasteiger partial charge < -0.3 is 20.1 Å². The van der Waals surface area contributed by atoms with Crippen molar-refractivity contribution in [3.63, 3.8) is 0 Å². The number of rotatable bonds is 7. The molecule has 0 bridgehead atoms. The second kappa shape index (κ2) is 9.37. The molecule has 1 fully saturated rings. The molecule has 2 aliphatic rings. The Bertz CT molecular complexity index is 1450. The molecule has 3 aromatic carbocycles. The number of nitrogens with zero attached hydrogens (tertiary/aromatic N) is 1. The average Bonchev–Trinajstić information content (AvgIpc) is 3.57. The van der Waals surface area contributed by atoms with Gasteiger partial charge in [-0.15, -0.1) is 0 Å². The van der Waals surface area contributed by atoms with Crippen molar-refractivity contribution in [2.75, 3.05) is 24.3 Å². The van der Waals surface area contributed by atoms with E-state index in [-0.39, 0.29) is 24.2 Å². The molecule has 10 heteroatoms. The highest BCUT2D eigenvalue weighted by Gasteiger charge is 2.54. The van der Waals surface area contributed by atoms with Crippen molar-refractivity contribution < 1.29 is 37.0 Å². The van der Waals surface area contributed by atoms with Gasteiger partial charge in [-0.3, -0.25) is 4.79 Å². The molecule has 1 unspecified atom stereocenters. The zero-order chi connectivity index (χ0) is 28.2. The highest BCUT2D eigenvalue weighted by molar-refractivity contribution is 5.99. The van der Waals surface area contributed by atoms with E-state index in [0.717, 1.165) is 17.8 Å². The van der Waals surface area contributed by atoms with Crippen LogP contribution in [0, 0.1) is 5.82 Å². The molecule has 1 saturated carbocycles. The number of carbonyl (C=O) groups is 2. The van der Waals surface area contributed by atoms with Crippen LogP contribution < -0.4 is 10.2 Å². The van der Waals surface area contributed by atoms with Gasteiger partial charge in [-0.2, -0.15) is 13.2 Å². The normalized spacial score (nSPS) is 17.2. The first kappa shape index (κ1) is 26.7. The topological polar surface area (TPSA) is 78.9 Å². The lowest BCUT2D eigenvalue weighted by Crippen LogP contribution is -2.43. The monoisotopic (exact) mass is 542 g/mol. The molecule has 0 spiro atoms. The number of amides is 1. The number of hydrogen-bond donors (Lipinski definition) is 2. The number of halogens is 4. The van der Waals surface area contributed by atoms with E-state index in [4.69, 9.17) is 4.74 Å². The highest BCUT2D eigenvalue weighted by Crippen LogP contribution is 2.56. The standard InChI is InChI=1S/C29H26F4N2O4/c1-35(2)21-7-3-18(4-8-21)28(38,26(37)34-20-6-9-22-17(13-20)15-39-25(22)36)16-27(11-12-27)23-14-19(29(31,32)33)5-10-24(23)30/h3-10,13-14,38H,11-12,15-16H2,1-2H3,(H,34,37). The van der Waals surface area contributed by atoms with Gasteiger partial charge in [0.1, 0.15) is 12.4 Å². The highest BCUT2D eigenvalue weighted by atomic mass is 19.4. The van der Waals surface area contributed by atoms with E-state index in [0.29, 0.717) is 35.7 Å². The van der Waals surface area contributed by atoms with Crippen LogP contribution in [0.25, 0.3) is 0 Å². The minimum absolute atomic E-state index is 0.0477. The molecule has 3 aromatic rings. The van der Waals surface area contributed by atoms with Gasteiger partial charge in [0.05, 0.1) is 11.1 Å². The molecule has 2 N–H and O–H groups in total. The van der Waals surface area contributed by atoms with Crippen molar-refractivity contribution in [3.8, 4) is 0 Å². The first-order valence-electron chi connectivity index (χ1n) is 12.3. The van der Waals surface area contributed by atoms with Crippen molar-refractivity contribution in [3.05, 3.63) is 94.3 Å². The molecule has 1 aliphatic carbocycles. The number of cyclic esters (lactones) is 1. The fourth-order valence-electron chi connectivity index (χ4n) is 5.08. The predicted molar refractivity (Wildman–Crippen MR) is 136 cm³/mol. The molecule has 0 aromatic heterocycles. The molecule has 1 atom stereocenters. The molecule has 5 rings (SSSR count). The molecule has 0 saturated heterocycles. The number of carbonyl (C=O) groups excluding carboxylic acids is 2. The lowest BCUT2D eigenvalue weighted by atomic mass is 9.78. The lowest BCUT2D eigenvalue weighted by Gasteiger charge is -2.32. The van der Waals surface area contributed by atoms with E-state index in [2.05, 4.69) is 5.32 Å². The van der Waals surface area contributed by atoms with Crippen molar-refractivity contribution in [2.45, 2.75) is 43.1 Å². The first-order valence-corrected chi connectivity index (χ1v) is 12.3. The van der Waals surface area contributed by atoms with E-state index in [1.807, 2.05) is 19.0 Å². The van der Waals surface area contributed by atoms with Gasteiger partial charge in [0.25, 0.3) is 5.91 Å². The summed E-state index contributed by atoms with van der Waals surface area (Å²) in [6.45, 7) is 0.0477. The molecular formula is C29H26F4N2O4. The van der Waals surface area contributed by atoms with Crippen LogP contribution >= 0.6 is 0 Å². The summed E-state index contributed by atoms with van der Waals surface area (Å²) >= 11 is 0. The number of hydrogen-bond acceptors (Lipinski definition) is 5. The van der Waals surface area contributed by atoms with Crippen molar-refractivity contribution >= 4 is 23.3 Å². The van der Waals surface area contributed by atoms with E-state index in [9.17, 15) is 32.3 Å². The zero-order valence-electron chi connectivity index (χ0n) is 21.2. The molecule has 1 heterocycles. The van der Waals surface area contributed by atoms with Gasteiger partial charge in [-0.05, 0) is 78.9 Å².